The number of Topliss-reactive ketones (excluding diaryl/α,β-unsaturated/α-hetero) is 1. The standard InChI is InChI=1S/C14H11N3OS/c1-17-13-3-2-10(14(18)12(13)7-16-17)5-11-4-9(6-15)8-19-11/h4-5,7-8H,2-3H2,1H3/b10-5-. The van der Waals surface area contributed by atoms with Crippen LogP contribution in [0.5, 0.6) is 0 Å². The number of nitrogens with zero attached hydrogens (tertiary/aromatic N) is 3. The van der Waals surface area contributed by atoms with Crippen LogP contribution < -0.4 is 0 Å². The zero-order valence-electron chi connectivity index (χ0n) is 10.4. The molecule has 19 heavy (non-hydrogen) atoms. The number of aryl methyl sites for hydroxylation is 1. The maximum atomic E-state index is 12.3. The van der Waals surface area contributed by atoms with E-state index in [1.807, 2.05) is 19.2 Å². The topological polar surface area (TPSA) is 58.7 Å². The molecule has 0 bridgehead atoms. The van der Waals surface area contributed by atoms with Crippen LogP contribution in [0, 0.1) is 11.3 Å². The molecule has 5 heteroatoms. The Hall–Kier alpha value is -2.19. The molecule has 94 valence electrons. The van der Waals surface area contributed by atoms with E-state index in [-0.39, 0.29) is 5.78 Å². The molecule has 1 aliphatic rings. The van der Waals surface area contributed by atoms with Gasteiger partial charge >= 0.3 is 0 Å². The maximum Gasteiger partial charge on any atom is 0.192 e. The Bertz CT molecular complexity index is 730. The van der Waals surface area contributed by atoms with E-state index in [9.17, 15) is 4.79 Å². The molecule has 0 amide bonds. The van der Waals surface area contributed by atoms with Gasteiger partial charge in [0.1, 0.15) is 6.07 Å². The Labute approximate surface area is 114 Å². The van der Waals surface area contributed by atoms with Gasteiger partial charge in [-0.2, -0.15) is 10.4 Å². The van der Waals surface area contributed by atoms with Gasteiger partial charge in [-0.15, -0.1) is 11.3 Å². The summed E-state index contributed by atoms with van der Waals surface area (Å²) in [5.41, 5.74) is 3.15. The van der Waals surface area contributed by atoms with Crippen LogP contribution in [0.25, 0.3) is 6.08 Å². The largest absolute Gasteiger partial charge is 0.289 e. The van der Waals surface area contributed by atoms with Crippen molar-refractivity contribution in [2.45, 2.75) is 12.8 Å². The van der Waals surface area contributed by atoms with Gasteiger partial charge in [-0.3, -0.25) is 9.48 Å². The lowest BCUT2D eigenvalue weighted by Crippen LogP contribution is -2.14. The second-order valence-corrected chi connectivity index (χ2v) is 5.42. The highest BCUT2D eigenvalue weighted by molar-refractivity contribution is 7.11. The fraction of sp³-hybridized carbons (Fsp3) is 0.214. The SMILES string of the molecule is Cn1ncc2c1CC/C(=C/c1cc(C#N)cs1)C2=O. The molecule has 2 aromatic heterocycles. The molecule has 1 aliphatic carbocycles. The van der Waals surface area contributed by atoms with E-state index < -0.39 is 0 Å². The molecule has 0 saturated heterocycles. The van der Waals surface area contributed by atoms with E-state index in [0.29, 0.717) is 11.1 Å². The molecule has 0 N–H and O–H groups in total. The Balaban J connectivity index is 1.96. The predicted octanol–water partition coefficient (Wildman–Crippen LogP) is 2.57. The van der Waals surface area contributed by atoms with Crippen molar-refractivity contribution in [3.63, 3.8) is 0 Å². The minimum absolute atomic E-state index is 0.0567. The minimum Gasteiger partial charge on any atom is -0.289 e. The van der Waals surface area contributed by atoms with Crippen LogP contribution in [0.15, 0.2) is 23.2 Å². The highest BCUT2D eigenvalue weighted by Crippen LogP contribution is 2.27. The van der Waals surface area contributed by atoms with Crippen LogP contribution in [-0.4, -0.2) is 15.6 Å². The molecule has 0 spiro atoms. The Morgan fingerprint density at radius 1 is 1.53 bits per heavy atom. The van der Waals surface area contributed by atoms with Crippen LogP contribution in [0.1, 0.15) is 32.9 Å². The monoisotopic (exact) mass is 269 g/mol. The molecule has 0 atom stereocenters. The second kappa shape index (κ2) is 4.48. The predicted molar refractivity (Wildman–Crippen MR) is 72.9 cm³/mol. The minimum atomic E-state index is 0.0567. The van der Waals surface area contributed by atoms with Crippen LogP contribution in [0.2, 0.25) is 0 Å². The summed E-state index contributed by atoms with van der Waals surface area (Å²) in [7, 11) is 1.86. The highest BCUT2D eigenvalue weighted by atomic mass is 32.1. The molecule has 0 aromatic carbocycles. The van der Waals surface area contributed by atoms with Gasteiger partial charge in [0.2, 0.25) is 0 Å². The molecule has 2 heterocycles. The third-order valence-corrected chi connectivity index (χ3v) is 4.17. The number of hydrogen-bond donors (Lipinski definition) is 0. The van der Waals surface area contributed by atoms with Crippen molar-refractivity contribution in [2.24, 2.45) is 7.05 Å². The van der Waals surface area contributed by atoms with E-state index in [4.69, 9.17) is 5.26 Å². The van der Waals surface area contributed by atoms with Crippen LogP contribution in [0.3, 0.4) is 0 Å². The summed E-state index contributed by atoms with van der Waals surface area (Å²) in [5, 5.41) is 14.7. The van der Waals surface area contributed by atoms with Gasteiger partial charge < -0.3 is 0 Å². The number of carbonyl (C=O) groups excluding carboxylic acids is 1. The molecule has 3 rings (SSSR count). The first kappa shape index (κ1) is 11.9. The zero-order valence-corrected chi connectivity index (χ0v) is 11.2. The van der Waals surface area contributed by atoms with Gasteiger partial charge in [0.05, 0.1) is 17.3 Å². The lowest BCUT2D eigenvalue weighted by molar-refractivity contribution is 0.102. The van der Waals surface area contributed by atoms with Gasteiger partial charge in [-0.1, -0.05) is 0 Å². The summed E-state index contributed by atoms with van der Waals surface area (Å²) in [6, 6.07) is 3.91. The molecular formula is C14H11N3OS. The number of aromatic nitrogens is 2. The van der Waals surface area contributed by atoms with Gasteiger partial charge in [0.15, 0.2) is 5.78 Å². The van der Waals surface area contributed by atoms with E-state index in [0.717, 1.165) is 29.0 Å². The first-order valence-electron chi connectivity index (χ1n) is 5.94. The van der Waals surface area contributed by atoms with Crippen LogP contribution >= 0.6 is 11.3 Å². The highest BCUT2D eigenvalue weighted by Gasteiger charge is 2.24. The Morgan fingerprint density at radius 2 is 2.37 bits per heavy atom. The van der Waals surface area contributed by atoms with Gasteiger partial charge in [-0.05, 0) is 25.0 Å². The van der Waals surface area contributed by atoms with E-state index in [1.165, 1.54) is 11.3 Å². The Morgan fingerprint density at radius 3 is 3.11 bits per heavy atom. The van der Waals surface area contributed by atoms with E-state index in [1.54, 1.807) is 16.3 Å². The quantitative estimate of drug-likeness (QED) is 0.747. The van der Waals surface area contributed by atoms with Gasteiger partial charge in [0.25, 0.3) is 0 Å². The van der Waals surface area contributed by atoms with Crippen molar-refractivity contribution < 1.29 is 4.79 Å². The summed E-state index contributed by atoms with van der Waals surface area (Å²) in [6.07, 6.45) is 5.09. The number of hydrogen-bond acceptors (Lipinski definition) is 4. The van der Waals surface area contributed by atoms with Crippen molar-refractivity contribution in [1.82, 2.24) is 9.78 Å². The van der Waals surface area contributed by atoms with Crippen molar-refractivity contribution in [3.8, 4) is 6.07 Å². The third kappa shape index (κ3) is 2.00. The Kier molecular flexibility index (Phi) is 2.80. The van der Waals surface area contributed by atoms with Crippen molar-refractivity contribution in [2.75, 3.05) is 0 Å². The summed E-state index contributed by atoms with van der Waals surface area (Å²) in [4.78, 5) is 13.3. The summed E-state index contributed by atoms with van der Waals surface area (Å²) in [5.74, 6) is 0.0567. The summed E-state index contributed by atoms with van der Waals surface area (Å²) < 4.78 is 1.77. The number of allylic oxidation sites excluding steroid dienone is 1. The first-order chi connectivity index (χ1) is 9.19. The third-order valence-electron chi connectivity index (χ3n) is 3.29. The average molecular weight is 269 g/mol. The van der Waals surface area contributed by atoms with E-state index >= 15 is 0 Å². The lowest BCUT2D eigenvalue weighted by atomic mass is 9.91. The second-order valence-electron chi connectivity index (χ2n) is 4.48. The summed E-state index contributed by atoms with van der Waals surface area (Å²) in [6.45, 7) is 0. The first-order valence-corrected chi connectivity index (χ1v) is 6.82. The molecule has 0 aliphatic heterocycles. The molecule has 0 unspecified atom stereocenters. The number of ketones is 1. The average Bonchev–Trinajstić information content (AvgIpc) is 3.00. The number of thiophene rings is 1. The molecule has 0 saturated carbocycles. The number of nitriles is 1. The molecule has 0 fully saturated rings. The fourth-order valence-electron chi connectivity index (χ4n) is 2.29. The maximum absolute atomic E-state index is 12.3. The smallest absolute Gasteiger partial charge is 0.192 e. The number of carbonyl (C=O) groups is 1. The normalized spacial score (nSPS) is 16.4. The number of rotatable bonds is 1. The van der Waals surface area contributed by atoms with Crippen LogP contribution in [-0.2, 0) is 13.5 Å². The lowest BCUT2D eigenvalue weighted by Gasteiger charge is -2.14. The molecule has 0 radical (unpaired) electrons. The molecule has 2 aromatic rings. The fourth-order valence-corrected chi connectivity index (χ4v) is 3.07. The van der Waals surface area contributed by atoms with Crippen molar-refractivity contribution >= 4 is 23.2 Å². The zero-order chi connectivity index (χ0) is 13.4. The van der Waals surface area contributed by atoms with Crippen LogP contribution in [0.4, 0.5) is 0 Å². The number of fused-ring (bicyclic) bond motifs is 1. The van der Waals surface area contributed by atoms with Gasteiger partial charge in [-0.25, -0.2) is 0 Å². The van der Waals surface area contributed by atoms with Crippen molar-refractivity contribution in [1.29, 1.82) is 5.26 Å². The molecular weight excluding hydrogens is 258 g/mol. The molecule has 4 nitrogen and oxygen atoms in total. The summed E-state index contributed by atoms with van der Waals surface area (Å²) >= 11 is 1.48. The van der Waals surface area contributed by atoms with Gasteiger partial charge in [0, 0.05) is 28.6 Å². The van der Waals surface area contributed by atoms with E-state index in [2.05, 4.69) is 11.2 Å². The van der Waals surface area contributed by atoms with Crippen molar-refractivity contribution in [3.05, 3.63) is 44.9 Å².